The third-order valence-corrected chi connectivity index (χ3v) is 10.9. The molecule has 0 saturated heterocycles. The Kier molecular flexibility index (Phi) is 14.3. The van der Waals surface area contributed by atoms with Crippen molar-refractivity contribution in [1.29, 1.82) is 0 Å². The summed E-state index contributed by atoms with van der Waals surface area (Å²) in [5.41, 5.74) is 0.599. The summed E-state index contributed by atoms with van der Waals surface area (Å²) < 4.78 is 69.9. The van der Waals surface area contributed by atoms with Gasteiger partial charge < -0.3 is 30.6 Å². The lowest BCUT2D eigenvalue weighted by atomic mass is 9.98. The van der Waals surface area contributed by atoms with E-state index in [0.29, 0.717) is 23.2 Å². The monoisotopic (exact) mass is 834 g/mol. The summed E-state index contributed by atoms with van der Waals surface area (Å²) in [7, 11) is -5.55. The molecule has 0 aliphatic carbocycles. The van der Waals surface area contributed by atoms with Crippen molar-refractivity contribution in [2.45, 2.75) is 85.5 Å². The Morgan fingerprint density at radius 1 is 0.897 bits per heavy atom. The summed E-state index contributed by atoms with van der Waals surface area (Å²) in [6, 6.07) is 7.91. The van der Waals surface area contributed by atoms with Gasteiger partial charge in [0.1, 0.15) is 18.7 Å². The molecule has 316 valence electrons. The molecule has 2 aliphatic rings. The molecule has 2 atom stereocenters. The second-order valence-electron chi connectivity index (χ2n) is 15.7. The Morgan fingerprint density at radius 2 is 1.47 bits per heavy atom. The van der Waals surface area contributed by atoms with E-state index in [4.69, 9.17) is 24.3 Å². The van der Waals surface area contributed by atoms with E-state index in [0.717, 1.165) is 23.3 Å². The largest absolute Gasteiger partial charge is 0.448 e. The molecule has 16 nitrogen and oxygen atoms in total. The van der Waals surface area contributed by atoms with Crippen LogP contribution in [0.25, 0.3) is 5.57 Å². The van der Waals surface area contributed by atoms with E-state index in [1.807, 2.05) is 18.2 Å². The number of carbonyl (C=O) groups is 6. The minimum absolute atomic E-state index is 0.0309. The number of alkyl halides is 2. The van der Waals surface area contributed by atoms with Gasteiger partial charge in [-0.3, -0.25) is 42.5 Å². The van der Waals surface area contributed by atoms with Crippen LogP contribution in [-0.2, 0) is 70.3 Å². The summed E-state index contributed by atoms with van der Waals surface area (Å²) in [5, 5.41) is 5.36. The highest BCUT2D eigenvalue weighted by molar-refractivity contribution is 7.54. The van der Waals surface area contributed by atoms with Crippen molar-refractivity contribution in [1.82, 2.24) is 10.6 Å². The van der Waals surface area contributed by atoms with Gasteiger partial charge in [-0.25, -0.2) is 4.79 Å². The number of hydrogen-bond acceptors (Lipinski definition) is 12. The first-order chi connectivity index (χ1) is 27.0. The zero-order chi connectivity index (χ0) is 43.2. The summed E-state index contributed by atoms with van der Waals surface area (Å²) >= 11 is 0. The number of hydrogen-bond donors (Lipinski definition) is 3. The molecule has 4 rings (SSSR count). The number of nitrogens with two attached hydrogens (primary N) is 1. The average molecular weight is 835 g/mol. The summed E-state index contributed by atoms with van der Waals surface area (Å²) in [6.45, 7) is 8.12. The van der Waals surface area contributed by atoms with Crippen molar-refractivity contribution in [2.24, 2.45) is 16.6 Å². The number of benzene rings is 2. The SMILES string of the molecule is C/C(=C\C(=O)N[C@H]1CCc2cccc3c2N(C1=O)[C@H](C(=O)NCCOC(N)=O)C3)c1ccc(C(F)(F)P(=O)(OCOC(=O)C(C)(C)C)OCOC(=O)C(C)(C)C)cc1. The quantitative estimate of drug-likeness (QED) is 0.0536. The standard InChI is InChI=1S/C39H49F2N4O12P/c1-23(19-30(46)44-28-16-13-25-9-8-10-26-20-29(45(31(25)26)33(28)48)32(47)43-17-18-53-36(42)51)24-11-14-27(15-12-24)39(40,41)58(52,56-21-54-34(49)37(2,3)4)57-22-55-35(50)38(5,6)7/h8-12,14-15,19,28-29H,13,16-18,20-22H2,1-7H3,(H2,42,51)(H,43,47)(H,44,46)/b23-19+/t28-,29-/m0/s1. The van der Waals surface area contributed by atoms with Gasteiger partial charge in [0.15, 0.2) is 0 Å². The third kappa shape index (κ3) is 10.8. The molecule has 58 heavy (non-hydrogen) atoms. The van der Waals surface area contributed by atoms with Crippen LogP contribution < -0.4 is 21.3 Å². The molecule has 2 aromatic rings. The maximum atomic E-state index is 16.0. The van der Waals surface area contributed by atoms with Crippen molar-refractivity contribution >= 4 is 54.6 Å². The first-order valence-corrected chi connectivity index (χ1v) is 19.9. The fourth-order valence-electron chi connectivity index (χ4n) is 5.93. The van der Waals surface area contributed by atoms with E-state index in [1.165, 1.54) is 71.6 Å². The fraction of sp³-hybridized carbons (Fsp3) is 0.487. The molecule has 0 radical (unpaired) electrons. The van der Waals surface area contributed by atoms with Crippen LogP contribution in [0.15, 0.2) is 48.5 Å². The number of primary amides is 1. The van der Waals surface area contributed by atoms with E-state index < -0.39 is 91.1 Å². The van der Waals surface area contributed by atoms with Gasteiger partial charge in [0.05, 0.1) is 23.1 Å². The van der Waals surface area contributed by atoms with E-state index in [9.17, 15) is 33.3 Å². The van der Waals surface area contributed by atoms with Crippen molar-refractivity contribution in [3.63, 3.8) is 0 Å². The predicted octanol–water partition coefficient (Wildman–Crippen LogP) is 5.06. The number of nitrogens with zero attached hydrogens (tertiary/aromatic N) is 1. The first-order valence-electron chi connectivity index (χ1n) is 18.3. The minimum atomic E-state index is -5.55. The van der Waals surface area contributed by atoms with Gasteiger partial charge >= 0.3 is 31.3 Å². The lowest BCUT2D eigenvalue weighted by molar-refractivity contribution is -0.163. The second-order valence-corrected chi connectivity index (χ2v) is 17.8. The number of nitrogens with one attached hydrogen (secondary N) is 2. The van der Waals surface area contributed by atoms with Crippen molar-refractivity contribution in [2.75, 3.05) is 31.6 Å². The molecule has 0 unspecified atom stereocenters. The molecule has 0 spiro atoms. The molecule has 19 heteroatoms. The average Bonchev–Trinajstić information content (AvgIpc) is 3.48. The van der Waals surface area contributed by atoms with Crippen LogP contribution in [-0.4, -0.2) is 74.6 Å². The highest BCUT2D eigenvalue weighted by atomic mass is 31.2. The zero-order valence-corrected chi connectivity index (χ0v) is 34.2. The number of allylic oxidation sites excluding steroid dienone is 1. The summed E-state index contributed by atoms with van der Waals surface area (Å²) in [5.74, 6) is -3.30. The minimum Gasteiger partial charge on any atom is -0.448 e. The maximum absolute atomic E-state index is 16.0. The van der Waals surface area contributed by atoms with Crippen LogP contribution in [0.3, 0.4) is 0 Å². The Morgan fingerprint density at radius 3 is 2.02 bits per heavy atom. The third-order valence-electron chi connectivity index (χ3n) is 9.10. The predicted molar refractivity (Wildman–Crippen MR) is 205 cm³/mol. The number of carbonyl (C=O) groups excluding carboxylic acids is 6. The number of rotatable bonds is 15. The Bertz CT molecular complexity index is 1960. The van der Waals surface area contributed by atoms with E-state index in [2.05, 4.69) is 15.4 Å². The van der Waals surface area contributed by atoms with Crippen LogP contribution in [0.5, 0.6) is 0 Å². The molecule has 4 N–H and O–H groups in total. The van der Waals surface area contributed by atoms with Gasteiger partial charge in [-0.05, 0) is 83.6 Å². The van der Waals surface area contributed by atoms with Crippen LogP contribution in [0.1, 0.15) is 77.1 Å². The molecule has 2 heterocycles. The number of para-hydroxylation sites is 1. The Balaban J connectivity index is 1.48. The molecule has 4 amide bonds. The summed E-state index contributed by atoms with van der Waals surface area (Å²) in [6.07, 6.45) is 1.07. The molecule has 0 aromatic heterocycles. The molecule has 2 aliphatic heterocycles. The molecular formula is C39H49F2N4O12P. The van der Waals surface area contributed by atoms with E-state index >= 15 is 8.78 Å². The van der Waals surface area contributed by atoms with Crippen LogP contribution >= 0.6 is 7.60 Å². The number of amides is 4. The topological polar surface area (TPSA) is 219 Å². The number of anilines is 1. The number of ether oxygens (including phenoxy) is 3. The highest BCUT2D eigenvalue weighted by Crippen LogP contribution is 2.67. The normalized spacial score (nSPS) is 17.2. The van der Waals surface area contributed by atoms with Crippen molar-refractivity contribution in [3.8, 4) is 0 Å². The van der Waals surface area contributed by atoms with Crippen LogP contribution in [0, 0.1) is 10.8 Å². The van der Waals surface area contributed by atoms with E-state index in [-0.39, 0.29) is 26.0 Å². The smallest absolute Gasteiger partial charge is 0.410 e. The number of esters is 2. The van der Waals surface area contributed by atoms with Crippen molar-refractivity contribution in [3.05, 3.63) is 70.8 Å². The van der Waals surface area contributed by atoms with Gasteiger partial charge in [-0.2, -0.15) is 8.78 Å². The van der Waals surface area contributed by atoms with Crippen molar-refractivity contribution < 1.29 is 65.4 Å². The lowest BCUT2D eigenvalue weighted by Gasteiger charge is -2.27. The van der Waals surface area contributed by atoms with Gasteiger partial charge in [-0.15, -0.1) is 0 Å². The fourth-order valence-corrected chi connectivity index (χ4v) is 7.18. The molecule has 0 bridgehead atoms. The lowest BCUT2D eigenvalue weighted by Crippen LogP contribution is -2.54. The number of aryl methyl sites for hydroxylation is 1. The Labute approximate surface area is 334 Å². The molecule has 0 fully saturated rings. The van der Waals surface area contributed by atoms with Crippen LogP contribution in [0.2, 0.25) is 0 Å². The maximum Gasteiger partial charge on any atom is 0.410 e. The Hall–Kier alpha value is -5.19. The first kappa shape index (κ1) is 45.5. The van der Waals surface area contributed by atoms with Gasteiger partial charge in [0.25, 0.3) is 0 Å². The van der Waals surface area contributed by atoms with Gasteiger partial charge in [0.2, 0.25) is 31.3 Å². The molecular weight excluding hydrogens is 785 g/mol. The second kappa shape index (κ2) is 18.2. The molecule has 0 saturated carbocycles. The van der Waals surface area contributed by atoms with Crippen LogP contribution in [0.4, 0.5) is 19.3 Å². The van der Waals surface area contributed by atoms with E-state index in [1.54, 1.807) is 0 Å². The molecule has 2 aromatic carbocycles. The van der Waals surface area contributed by atoms with Gasteiger partial charge in [-0.1, -0.05) is 42.5 Å². The highest BCUT2D eigenvalue weighted by Gasteiger charge is 2.56. The number of halogens is 2. The van der Waals surface area contributed by atoms with Gasteiger partial charge in [0, 0.05) is 18.1 Å². The zero-order valence-electron chi connectivity index (χ0n) is 33.3. The summed E-state index contributed by atoms with van der Waals surface area (Å²) in [4.78, 5) is 77.2.